The van der Waals surface area contributed by atoms with Crippen LogP contribution in [0.15, 0.2) is 12.2 Å². The van der Waals surface area contributed by atoms with Crippen molar-refractivity contribution in [3.05, 3.63) is 12.2 Å². The molecule has 0 aromatic carbocycles. The number of ether oxygens (including phenoxy) is 1. The van der Waals surface area contributed by atoms with Gasteiger partial charge in [0.25, 0.3) is 0 Å². The molecule has 0 amide bonds. The van der Waals surface area contributed by atoms with E-state index in [9.17, 15) is 4.79 Å². The fraction of sp³-hybridized carbons (Fsp3) is 0.769. The Bertz CT molecular complexity index is 229. The van der Waals surface area contributed by atoms with E-state index in [4.69, 9.17) is 4.74 Å². The molecule has 15 heavy (non-hydrogen) atoms. The first-order valence-electron chi connectivity index (χ1n) is 5.87. The summed E-state index contributed by atoms with van der Waals surface area (Å²) in [7, 11) is 0. The van der Waals surface area contributed by atoms with Crippen LogP contribution in [-0.4, -0.2) is 11.6 Å². The minimum absolute atomic E-state index is 0.222. The summed E-state index contributed by atoms with van der Waals surface area (Å²) < 4.78 is 5.18. The highest BCUT2D eigenvalue weighted by molar-refractivity contribution is 5.82. The van der Waals surface area contributed by atoms with Gasteiger partial charge in [-0.1, -0.05) is 31.8 Å². The predicted octanol–water partition coefficient (Wildman–Crippen LogP) is 3.46. The second-order valence-electron chi connectivity index (χ2n) is 5.32. The SMILES string of the molecule is CC(C)(C)OC(=O)C=CCC1CCCC1. The first kappa shape index (κ1) is 12.3. The Balaban J connectivity index is 2.22. The Kier molecular flexibility index (Phi) is 4.37. The molecule has 0 aromatic rings. The fourth-order valence-electron chi connectivity index (χ4n) is 1.94. The summed E-state index contributed by atoms with van der Waals surface area (Å²) in [6, 6.07) is 0. The van der Waals surface area contributed by atoms with E-state index < -0.39 is 0 Å². The van der Waals surface area contributed by atoms with Crippen LogP contribution in [0.4, 0.5) is 0 Å². The highest BCUT2D eigenvalue weighted by atomic mass is 16.6. The molecular formula is C13H22O2. The third kappa shape index (κ3) is 5.60. The highest BCUT2D eigenvalue weighted by Crippen LogP contribution is 2.27. The summed E-state index contributed by atoms with van der Waals surface area (Å²) in [6.45, 7) is 5.65. The van der Waals surface area contributed by atoms with Gasteiger partial charge in [-0.05, 0) is 33.1 Å². The average Bonchev–Trinajstić information content (AvgIpc) is 2.53. The summed E-state index contributed by atoms with van der Waals surface area (Å²) in [5, 5.41) is 0. The lowest BCUT2D eigenvalue weighted by atomic mass is 10.0. The Hall–Kier alpha value is -0.790. The lowest BCUT2D eigenvalue weighted by Gasteiger charge is -2.17. The van der Waals surface area contributed by atoms with E-state index >= 15 is 0 Å². The minimum atomic E-state index is -0.380. The van der Waals surface area contributed by atoms with Gasteiger partial charge >= 0.3 is 5.97 Å². The van der Waals surface area contributed by atoms with E-state index in [0.29, 0.717) is 0 Å². The van der Waals surface area contributed by atoms with E-state index in [0.717, 1.165) is 12.3 Å². The van der Waals surface area contributed by atoms with Crippen molar-refractivity contribution in [3.8, 4) is 0 Å². The van der Waals surface area contributed by atoms with Crippen molar-refractivity contribution in [2.24, 2.45) is 5.92 Å². The zero-order chi connectivity index (χ0) is 11.3. The molecule has 0 aromatic heterocycles. The van der Waals surface area contributed by atoms with Crippen molar-refractivity contribution in [1.29, 1.82) is 0 Å². The topological polar surface area (TPSA) is 26.3 Å². The van der Waals surface area contributed by atoms with Gasteiger partial charge in [-0.3, -0.25) is 0 Å². The molecule has 0 N–H and O–H groups in total. The number of esters is 1. The molecule has 0 aliphatic heterocycles. The largest absolute Gasteiger partial charge is 0.457 e. The van der Waals surface area contributed by atoms with E-state index in [-0.39, 0.29) is 11.6 Å². The molecular weight excluding hydrogens is 188 g/mol. The number of hydrogen-bond acceptors (Lipinski definition) is 2. The molecule has 1 aliphatic rings. The monoisotopic (exact) mass is 210 g/mol. The van der Waals surface area contributed by atoms with Crippen molar-refractivity contribution < 1.29 is 9.53 Å². The summed E-state index contributed by atoms with van der Waals surface area (Å²) in [5.41, 5.74) is -0.380. The predicted molar refractivity (Wildman–Crippen MR) is 61.6 cm³/mol. The molecule has 0 heterocycles. The van der Waals surface area contributed by atoms with Gasteiger partial charge in [0.15, 0.2) is 0 Å². The van der Waals surface area contributed by atoms with E-state index in [2.05, 4.69) is 0 Å². The van der Waals surface area contributed by atoms with E-state index in [1.165, 1.54) is 25.7 Å². The second-order valence-corrected chi connectivity index (χ2v) is 5.32. The zero-order valence-corrected chi connectivity index (χ0v) is 10.1. The van der Waals surface area contributed by atoms with Crippen LogP contribution in [0.5, 0.6) is 0 Å². The smallest absolute Gasteiger partial charge is 0.330 e. The molecule has 1 rings (SSSR count). The maximum atomic E-state index is 11.3. The number of rotatable bonds is 3. The highest BCUT2D eigenvalue weighted by Gasteiger charge is 2.15. The number of allylic oxidation sites excluding steroid dienone is 1. The van der Waals surface area contributed by atoms with E-state index in [1.807, 2.05) is 26.8 Å². The molecule has 2 heteroatoms. The molecule has 0 spiro atoms. The van der Waals surface area contributed by atoms with Gasteiger partial charge in [0.2, 0.25) is 0 Å². The fourth-order valence-corrected chi connectivity index (χ4v) is 1.94. The lowest BCUT2D eigenvalue weighted by Crippen LogP contribution is -2.22. The van der Waals surface area contributed by atoms with Crippen LogP contribution in [0.2, 0.25) is 0 Å². The van der Waals surface area contributed by atoms with Crippen LogP contribution < -0.4 is 0 Å². The van der Waals surface area contributed by atoms with Crippen LogP contribution in [0.25, 0.3) is 0 Å². The minimum Gasteiger partial charge on any atom is -0.457 e. The quantitative estimate of drug-likeness (QED) is 0.526. The summed E-state index contributed by atoms with van der Waals surface area (Å²) >= 11 is 0. The maximum Gasteiger partial charge on any atom is 0.330 e. The van der Waals surface area contributed by atoms with Crippen molar-refractivity contribution >= 4 is 5.97 Å². The molecule has 0 atom stereocenters. The zero-order valence-electron chi connectivity index (χ0n) is 10.1. The van der Waals surface area contributed by atoms with Gasteiger partial charge in [-0.25, -0.2) is 4.79 Å². The molecule has 1 aliphatic carbocycles. The molecule has 1 fully saturated rings. The Morgan fingerprint density at radius 2 is 1.93 bits per heavy atom. The Morgan fingerprint density at radius 1 is 1.33 bits per heavy atom. The lowest BCUT2D eigenvalue weighted by molar-refractivity contribution is -0.148. The van der Waals surface area contributed by atoms with Gasteiger partial charge in [0.1, 0.15) is 5.60 Å². The average molecular weight is 210 g/mol. The van der Waals surface area contributed by atoms with Crippen LogP contribution in [0.1, 0.15) is 52.9 Å². The van der Waals surface area contributed by atoms with Crippen LogP contribution in [0, 0.1) is 5.92 Å². The molecule has 0 bridgehead atoms. The molecule has 0 unspecified atom stereocenters. The van der Waals surface area contributed by atoms with Crippen LogP contribution in [0.3, 0.4) is 0 Å². The van der Waals surface area contributed by atoms with Gasteiger partial charge in [-0.2, -0.15) is 0 Å². The normalized spacial score (nSPS) is 18.6. The van der Waals surface area contributed by atoms with Gasteiger partial charge < -0.3 is 4.74 Å². The van der Waals surface area contributed by atoms with Gasteiger partial charge in [-0.15, -0.1) is 0 Å². The molecule has 0 saturated heterocycles. The van der Waals surface area contributed by atoms with Crippen molar-refractivity contribution in [2.75, 3.05) is 0 Å². The van der Waals surface area contributed by atoms with Gasteiger partial charge in [0.05, 0.1) is 0 Å². The molecule has 2 nitrogen and oxygen atoms in total. The standard InChI is InChI=1S/C13H22O2/c1-13(2,3)15-12(14)10-6-9-11-7-4-5-8-11/h6,10-11H,4-5,7-9H2,1-3H3. The number of hydrogen-bond donors (Lipinski definition) is 0. The number of carbonyl (C=O) groups excluding carboxylic acids is 1. The summed E-state index contributed by atoms with van der Waals surface area (Å²) in [4.78, 5) is 11.3. The second kappa shape index (κ2) is 5.34. The number of carbonyl (C=O) groups is 1. The van der Waals surface area contributed by atoms with Crippen molar-refractivity contribution in [1.82, 2.24) is 0 Å². The van der Waals surface area contributed by atoms with Crippen molar-refractivity contribution in [3.63, 3.8) is 0 Å². The molecule has 0 radical (unpaired) electrons. The molecule has 86 valence electrons. The Labute approximate surface area is 92.7 Å². The third-order valence-corrected chi connectivity index (χ3v) is 2.60. The first-order valence-corrected chi connectivity index (χ1v) is 5.87. The van der Waals surface area contributed by atoms with E-state index in [1.54, 1.807) is 6.08 Å². The summed E-state index contributed by atoms with van der Waals surface area (Å²) in [5.74, 6) is 0.573. The van der Waals surface area contributed by atoms with Crippen LogP contribution in [-0.2, 0) is 9.53 Å². The summed E-state index contributed by atoms with van der Waals surface area (Å²) in [6.07, 6.45) is 9.90. The first-order chi connectivity index (χ1) is 6.97. The van der Waals surface area contributed by atoms with Gasteiger partial charge in [0, 0.05) is 6.08 Å². The van der Waals surface area contributed by atoms with Crippen molar-refractivity contribution in [2.45, 2.75) is 58.5 Å². The third-order valence-electron chi connectivity index (χ3n) is 2.60. The maximum absolute atomic E-state index is 11.3. The molecule has 1 saturated carbocycles. The van der Waals surface area contributed by atoms with Crippen LogP contribution >= 0.6 is 0 Å². The Morgan fingerprint density at radius 3 is 2.47 bits per heavy atom.